The number of likely N-dealkylation sites (tertiary alicyclic amines) is 1. The van der Waals surface area contributed by atoms with Gasteiger partial charge in [0.25, 0.3) is 5.91 Å². The Morgan fingerprint density at radius 1 is 1.08 bits per heavy atom. The van der Waals surface area contributed by atoms with Crippen LogP contribution in [0.1, 0.15) is 36.0 Å². The zero-order valence-corrected chi connectivity index (χ0v) is 16.1. The van der Waals surface area contributed by atoms with Crippen LogP contribution < -0.4 is 9.44 Å². The predicted octanol–water partition coefficient (Wildman–Crippen LogP) is 0.281. The molecule has 0 radical (unpaired) electrons. The second-order valence-electron chi connectivity index (χ2n) is 6.90. The third-order valence-electron chi connectivity index (χ3n) is 4.38. The summed E-state index contributed by atoms with van der Waals surface area (Å²) in [6, 6.07) is 5.62. The minimum Gasteiger partial charge on any atom is -0.337 e. The molecule has 1 unspecified atom stereocenters. The molecule has 0 bridgehead atoms. The van der Waals surface area contributed by atoms with E-state index in [1.807, 2.05) is 0 Å². The maximum atomic E-state index is 12.8. The molecule has 1 heterocycles. The van der Waals surface area contributed by atoms with Gasteiger partial charge < -0.3 is 4.90 Å². The van der Waals surface area contributed by atoms with Crippen LogP contribution in [0.15, 0.2) is 29.2 Å². The first-order valence-electron chi connectivity index (χ1n) is 8.53. The maximum absolute atomic E-state index is 12.8. The summed E-state index contributed by atoms with van der Waals surface area (Å²) in [6.45, 7) is 0.779. The van der Waals surface area contributed by atoms with Gasteiger partial charge in [0.2, 0.25) is 20.0 Å². The lowest BCUT2D eigenvalue weighted by Gasteiger charge is -2.32. The minimum absolute atomic E-state index is 0.00993. The molecular weight excluding hydrogens is 378 g/mol. The number of piperidine rings is 1. The van der Waals surface area contributed by atoms with Gasteiger partial charge in [-0.2, -0.15) is 0 Å². The Bertz CT molecular complexity index is 894. The molecule has 8 nitrogen and oxygen atoms in total. The average molecular weight is 402 g/mol. The highest BCUT2D eigenvalue weighted by Crippen LogP contribution is 2.23. The lowest BCUT2D eigenvalue weighted by atomic mass is 10.1. The summed E-state index contributed by atoms with van der Waals surface area (Å²) in [5.41, 5.74) is 0.281. The zero-order valence-electron chi connectivity index (χ0n) is 14.5. The van der Waals surface area contributed by atoms with Crippen LogP contribution in [0.25, 0.3) is 0 Å². The molecule has 1 aromatic rings. The van der Waals surface area contributed by atoms with E-state index in [1.54, 1.807) is 17.0 Å². The molecule has 144 valence electrons. The molecular formula is C16H23N3O5S2. The van der Waals surface area contributed by atoms with Gasteiger partial charge in [-0.1, -0.05) is 6.07 Å². The van der Waals surface area contributed by atoms with E-state index >= 15 is 0 Å². The van der Waals surface area contributed by atoms with Crippen LogP contribution in [-0.2, 0) is 20.0 Å². The molecule has 1 aliphatic carbocycles. The van der Waals surface area contributed by atoms with Gasteiger partial charge in [-0.15, -0.1) is 0 Å². The van der Waals surface area contributed by atoms with E-state index in [-0.39, 0.29) is 35.0 Å². The second-order valence-corrected chi connectivity index (χ2v) is 10.4. The number of rotatable bonds is 6. The summed E-state index contributed by atoms with van der Waals surface area (Å²) in [6.07, 6.45) is 4.10. The number of nitrogens with one attached hydrogen (secondary N) is 2. The van der Waals surface area contributed by atoms with E-state index in [2.05, 4.69) is 9.44 Å². The number of sulfonamides is 2. The van der Waals surface area contributed by atoms with Gasteiger partial charge in [-0.25, -0.2) is 26.3 Å². The molecule has 1 saturated heterocycles. The first kappa shape index (κ1) is 19.3. The van der Waals surface area contributed by atoms with Crippen molar-refractivity contribution in [1.82, 2.24) is 14.3 Å². The summed E-state index contributed by atoms with van der Waals surface area (Å²) in [7, 11) is -6.98. The molecule has 1 amide bonds. The number of nitrogens with zero attached hydrogens (tertiary/aromatic N) is 1. The highest BCUT2D eigenvalue weighted by Gasteiger charge is 2.29. The number of hydrogen-bond acceptors (Lipinski definition) is 5. The Kier molecular flexibility index (Phi) is 5.38. The van der Waals surface area contributed by atoms with E-state index in [0.717, 1.165) is 19.1 Å². The van der Waals surface area contributed by atoms with Gasteiger partial charge in [0.1, 0.15) is 0 Å². The van der Waals surface area contributed by atoms with Crippen molar-refractivity contribution in [2.24, 2.45) is 0 Å². The van der Waals surface area contributed by atoms with E-state index in [1.165, 1.54) is 12.1 Å². The number of hydrogen-bond donors (Lipinski definition) is 2. The molecule has 1 atom stereocenters. The van der Waals surface area contributed by atoms with E-state index in [4.69, 9.17) is 0 Å². The van der Waals surface area contributed by atoms with Crippen molar-refractivity contribution in [3.63, 3.8) is 0 Å². The number of amides is 1. The molecule has 2 N–H and O–H groups in total. The number of carbonyl (C=O) groups is 1. The van der Waals surface area contributed by atoms with Crippen LogP contribution in [0.2, 0.25) is 0 Å². The lowest BCUT2D eigenvalue weighted by Crippen LogP contribution is -2.49. The fourth-order valence-electron chi connectivity index (χ4n) is 3.03. The van der Waals surface area contributed by atoms with Gasteiger partial charge in [-0.05, 0) is 43.9 Å². The minimum atomic E-state index is -3.63. The van der Waals surface area contributed by atoms with Crippen LogP contribution >= 0.6 is 0 Å². The van der Waals surface area contributed by atoms with E-state index in [9.17, 15) is 21.6 Å². The van der Waals surface area contributed by atoms with Crippen molar-refractivity contribution < 1.29 is 21.6 Å². The Hall–Kier alpha value is -1.49. The molecule has 1 saturated carbocycles. The lowest BCUT2D eigenvalue weighted by molar-refractivity contribution is 0.0703. The largest absolute Gasteiger partial charge is 0.337 e. The molecule has 2 fully saturated rings. The Balaban J connectivity index is 1.74. The molecule has 2 aliphatic rings. The summed E-state index contributed by atoms with van der Waals surface area (Å²) < 4.78 is 52.6. The van der Waals surface area contributed by atoms with Gasteiger partial charge in [0.05, 0.1) is 11.2 Å². The summed E-state index contributed by atoms with van der Waals surface area (Å²) in [4.78, 5) is 14.4. The van der Waals surface area contributed by atoms with Gasteiger partial charge >= 0.3 is 0 Å². The van der Waals surface area contributed by atoms with Crippen molar-refractivity contribution in [3.05, 3.63) is 29.8 Å². The predicted molar refractivity (Wildman–Crippen MR) is 96.7 cm³/mol. The molecule has 3 rings (SSSR count). The SMILES string of the molecule is CS(=O)(=O)NC1CCCN(C(=O)c2cccc(S(=O)(=O)NC3CC3)c2)C1. The van der Waals surface area contributed by atoms with Gasteiger partial charge in [-0.3, -0.25) is 4.79 Å². The van der Waals surface area contributed by atoms with Crippen molar-refractivity contribution in [1.29, 1.82) is 0 Å². The standard InChI is InChI=1S/C16H23N3O5S2/c1-25(21,22)17-14-5-3-9-19(11-14)16(20)12-4-2-6-15(10-12)26(23,24)18-13-7-8-13/h2,4,6,10,13-14,17-18H,3,5,7-9,11H2,1H3. The average Bonchev–Trinajstić information content (AvgIpc) is 3.36. The Morgan fingerprint density at radius 2 is 1.81 bits per heavy atom. The van der Waals surface area contributed by atoms with Crippen molar-refractivity contribution in [3.8, 4) is 0 Å². The number of benzene rings is 1. The highest BCUT2D eigenvalue weighted by molar-refractivity contribution is 7.89. The third kappa shape index (κ3) is 5.03. The van der Waals surface area contributed by atoms with E-state index in [0.29, 0.717) is 19.4 Å². The van der Waals surface area contributed by atoms with Crippen LogP contribution in [0.5, 0.6) is 0 Å². The highest BCUT2D eigenvalue weighted by atomic mass is 32.2. The second kappa shape index (κ2) is 7.26. The zero-order chi connectivity index (χ0) is 18.9. The fourth-order valence-corrected chi connectivity index (χ4v) is 5.18. The van der Waals surface area contributed by atoms with Crippen LogP contribution in [0, 0.1) is 0 Å². The Labute approximate surface area is 154 Å². The summed E-state index contributed by atoms with van der Waals surface area (Å²) in [5, 5.41) is 0. The molecule has 0 aromatic heterocycles. The molecule has 10 heteroatoms. The van der Waals surface area contributed by atoms with Crippen LogP contribution in [-0.4, -0.2) is 59.1 Å². The first-order chi connectivity index (χ1) is 12.1. The van der Waals surface area contributed by atoms with E-state index < -0.39 is 20.0 Å². The molecule has 1 aromatic carbocycles. The van der Waals surface area contributed by atoms with Gasteiger partial charge in [0, 0.05) is 30.7 Å². The normalized spacial score (nSPS) is 21.6. The van der Waals surface area contributed by atoms with Gasteiger partial charge in [0.15, 0.2) is 0 Å². The fraction of sp³-hybridized carbons (Fsp3) is 0.562. The third-order valence-corrected chi connectivity index (χ3v) is 6.66. The molecule has 26 heavy (non-hydrogen) atoms. The summed E-state index contributed by atoms with van der Waals surface area (Å²) >= 11 is 0. The Morgan fingerprint density at radius 3 is 2.46 bits per heavy atom. The number of carbonyl (C=O) groups excluding carboxylic acids is 1. The van der Waals surface area contributed by atoms with Crippen LogP contribution in [0.4, 0.5) is 0 Å². The van der Waals surface area contributed by atoms with Crippen molar-refractivity contribution in [2.75, 3.05) is 19.3 Å². The molecule has 0 spiro atoms. The topological polar surface area (TPSA) is 113 Å². The molecule has 1 aliphatic heterocycles. The van der Waals surface area contributed by atoms with Crippen molar-refractivity contribution >= 4 is 26.0 Å². The van der Waals surface area contributed by atoms with Crippen molar-refractivity contribution in [2.45, 2.75) is 42.7 Å². The smallest absolute Gasteiger partial charge is 0.253 e. The maximum Gasteiger partial charge on any atom is 0.253 e. The first-order valence-corrected chi connectivity index (χ1v) is 11.9. The van der Waals surface area contributed by atoms with Crippen LogP contribution in [0.3, 0.4) is 0 Å². The quantitative estimate of drug-likeness (QED) is 0.711. The monoisotopic (exact) mass is 401 g/mol. The summed E-state index contributed by atoms with van der Waals surface area (Å²) in [5.74, 6) is -0.298.